The van der Waals surface area contributed by atoms with Gasteiger partial charge in [0, 0.05) is 0 Å². The van der Waals surface area contributed by atoms with E-state index in [4.69, 9.17) is 0 Å². The van der Waals surface area contributed by atoms with Crippen molar-refractivity contribution in [2.75, 3.05) is 0 Å². The fraction of sp³-hybridized carbons (Fsp3) is 0.600. The minimum absolute atomic E-state index is 0.917. The summed E-state index contributed by atoms with van der Waals surface area (Å²) < 4.78 is 0. The van der Waals surface area contributed by atoms with Gasteiger partial charge in [0.15, 0.2) is 0 Å². The zero-order valence-electron chi connectivity index (χ0n) is 19.4. The molecule has 2 saturated carbocycles. The van der Waals surface area contributed by atoms with Crippen LogP contribution >= 0.6 is 0 Å². The molecule has 0 nitrogen and oxygen atoms in total. The van der Waals surface area contributed by atoms with Gasteiger partial charge in [-0.3, -0.25) is 0 Å². The minimum atomic E-state index is 0.917. The molecule has 0 aliphatic heterocycles. The van der Waals surface area contributed by atoms with E-state index in [2.05, 4.69) is 62.4 Å². The average Bonchev–Trinajstić information content (AvgIpc) is 2.78. The van der Waals surface area contributed by atoms with Gasteiger partial charge < -0.3 is 0 Å². The molecule has 0 atom stereocenters. The predicted octanol–water partition coefficient (Wildman–Crippen LogP) is 8.54. The van der Waals surface area contributed by atoms with Crippen molar-refractivity contribution in [3.05, 3.63) is 70.8 Å². The maximum atomic E-state index is 2.39. The molecule has 4 rings (SSSR count). The first-order valence-corrected chi connectivity index (χ1v) is 12.8. The highest BCUT2D eigenvalue weighted by Gasteiger charge is 2.26. The third kappa shape index (κ3) is 6.22. The maximum absolute atomic E-state index is 2.39. The molecule has 0 bridgehead atoms. The molecule has 2 aromatic rings. The van der Waals surface area contributed by atoms with Crippen molar-refractivity contribution in [2.24, 2.45) is 23.7 Å². The summed E-state index contributed by atoms with van der Waals surface area (Å²) in [6.07, 6.45) is 17.2. The van der Waals surface area contributed by atoms with Crippen molar-refractivity contribution >= 4 is 0 Å². The van der Waals surface area contributed by atoms with E-state index in [0.29, 0.717) is 0 Å². The fourth-order valence-corrected chi connectivity index (χ4v) is 6.09. The van der Waals surface area contributed by atoms with Gasteiger partial charge in [0.05, 0.1) is 0 Å². The van der Waals surface area contributed by atoms with Gasteiger partial charge in [-0.15, -0.1) is 0 Å². The maximum Gasteiger partial charge on any atom is -0.00258 e. The Labute approximate surface area is 185 Å². The highest BCUT2D eigenvalue weighted by molar-refractivity contribution is 5.30. The van der Waals surface area contributed by atoms with Crippen LogP contribution in [0.15, 0.2) is 48.5 Å². The first-order valence-electron chi connectivity index (χ1n) is 12.8. The monoisotopic (exact) mass is 402 g/mol. The van der Waals surface area contributed by atoms with Crippen LogP contribution in [0.2, 0.25) is 0 Å². The van der Waals surface area contributed by atoms with Gasteiger partial charge in [-0.25, -0.2) is 0 Å². The smallest absolute Gasteiger partial charge is 0.00258 e. The fourth-order valence-electron chi connectivity index (χ4n) is 6.09. The van der Waals surface area contributed by atoms with Gasteiger partial charge in [0.25, 0.3) is 0 Å². The van der Waals surface area contributed by atoms with Crippen LogP contribution in [0.3, 0.4) is 0 Å². The summed E-state index contributed by atoms with van der Waals surface area (Å²) >= 11 is 0. The Morgan fingerprint density at radius 1 is 0.567 bits per heavy atom. The summed E-state index contributed by atoms with van der Waals surface area (Å²) in [5.41, 5.74) is 5.73. The molecule has 0 radical (unpaired) electrons. The lowest BCUT2D eigenvalue weighted by Gasteiger charge is -2.34. The van der Waals surface area contributed by atoms with Crippen LogP contribution in [0.1, 0.15) is 93.4 Å². The number of aryl methyl sites for hydroxylation is 1. The quantitative estimate of drug-likeness (QED) is 0.435. The summed E-state index contributed by atoms with van der Waals surface area (Å²) in [6.45, 7) is 4.54. The van der Waals surface area contributed by atoms with Crippen LogP contribution in [-0.4, -0.2) is 0 Å². The molecule has 0 spiro atoms. The van der Waals surface area contributed by atoms with Crippen molar-refractivity contribution in [1.82, 2.24) is 0 Å². The van der Waals surface area contributed by atoms with Crippen LogP contribution < -0.4 is 0 Å². The Kier molecular flexibility index (Phi) is 7.69. The summed E-state index contributed by atoms with van der Waals surface area (Å²) in [4.78, 5) is 0. The Bertz CT molecular complexity index is 738. The molecule has 30 heavy (non-hydrogen) atoms. The van der Waals surface area contributed by atoms with E-state index in [1.807, 2.05) is 0 Å². The molecule has 0 N–H and O–H groups in total. The van der Waals surface area contributed by atoms with E-state index in [9.17, 15) is 0 Å². The summed E-state index contributed by atoms with van der Waals surface area (Å²) in [7, 11) is 0. The minimum Gasteiger partial charge on any atom is -0.0651 e. The largest absolute Gasteiger partial charge is 0.0651 e. The number of hydrogen-bond donors (Lipinski definition) is 0. The van der Waals surface area contributed by atoms with Gasteiger partial charge >= 0.3 is 0 Å². The Hall–Kier alpha value is -1.56. The molecule has 2 fully saturated rings. The Morgan fingerprint density at radius 2 is 1.00 bits per heavy atom. The van der Waals surface area contributed by atoms with Crippen molar-refractivity contribution in [1.29, 1.82) is 0 Å². The lowest BCUT2D eigenvalue weighted by atomic mass is 9.72. The molecule has 0 heterocycles. The summed E-state index contributed by atoms with van der Waals surface area (Å²) in [6, 6.07) is 18.4. The van der Waals surface area contributed by atoms with Gasteiger partial charge in [-0.2, -0.15) is 0 Å². The highest BCUT2D eigenvalue weighted by Crippen LogP contribution is 2.39. The second-order valence-corrected chi connectivity index (χ2v) is 10.6. The molecule has 0 amide bonds. The Morgan fingerprint density at radius 3 is 1.53 bits per heavy atom. The molecule has 162 valence electrons. The first kappa shape index (κ1) is 21.7. The van der Waals surface area contributed by atoms with E-state index >= 15 is 0 Å². The van der Waals surface area contributed by atoms with E-state index in [1.54, 1.807) is 5.56 Å². The third-order valence-corrected chi connectivity index (χ3v) is 8.25. The highest BCUT2D eigenvalue weighted by atomic mass is 14.3. The van der Waals surface area contributed by atoms with Gasteiger partial charge in [0.1, 0.15) is 0 Å². The van der Waals surface area contributed by atoms with E-state index in [0.717, 1.165) is 30.1 Å². The van der Waals surface area contributed by atoms with Crippen molar-refractivity contribution in [2.45, 2.75) is 90.9 Å². The predicted molar refractivity (Wildman–Crippen MR) is 130 cm³/mol. The number of hydrogen-bond acceptors (Lipinski definition) is 0. The van der Waals surface area contributed by atoms with Crippen molar-refractivity contribution < 1.29 is 0 Å². The summed E-state index contributed by atoms with van der Waals surface area (Å²) in [5, 5.41) is 0. The van der Waals surface area contributed by atoms with Gasteiger partial charge in [-0.05, 0) is 79.4 Å². The molecule has 0 heteroatoms. The van der Waals surface area contributed by atoms with Crippen LogP contribution in [0, 0.1) is 30.6 Å². The molecular weight excluding hydrogens is 360 g/mol. The number of benzene rings is 2. The van der Waals surface area contributed by atoms with Crippen LogP contribution in [-0.2, 0) is 12.8 Å². The SMILES string of the molecule is CCC1CCC(CC2CCC(Cc3ccc(Cc4ccc(C)cc4)cc3)CC2)CC1. The molecule has 0 unspecified atom stereocenters. The standard InChI is InChI=1S/C30H42/c1-3-24-8-10-26(11-9-24)21-28-16-18-30(19-17-28)22-29-14-12-27(13-15-29)20-25-6-4-23(2)5-7-25/h4-7,12-15,24,26,28,30H,3,8-11,16-22H2,1-2H3. The zero-order chi connectivity index (χ0) is 20.8. The van der Waals surface area contributed by atoms with Crippen molar-refractivity contribution in [3.63, 3.8) is 0 Å². The molecule has 0 aromatic heterocycles. The lowest BCUT2D eigenvalue weighted by molar-refractivity contribution is 0.189. The van der Waals surface area contributed by atoms with E-state index in [-0.39, 0.29) is 0 Å². The number of rotatable bonds is 7. The van der Waals surface area contributed by atoms with Gasteiger partial charge in [0.2, 0.25) is 0 Å². The second-order valence-electron chi connectivity index (χ2n) is 10.6. The first-order chi connectivity index (χ1) is 14.7. The molecule has 2 aliphatic carbocycles. The average molecular weight is 403 g/mol. The van der Waals surface area contributed by atoms with Crippen molar-refractivity contribution in [3.8, 4) is 0 Å². The van der Waals surface area contributed by atoms with Gasteiger partial charge in [-0.1, -0.05) is 106 Å². The molecule has 0 saturated heterocycles. The third-order valence-electron chi connectivity index (χ3n) is 8.25. The lowest BCUT2D eigenvalue weighted by Crippen LogP contribution is -2.21. The molecule has 2 aliphatic rings. The van der Waals surface area contributed by atoms with Crippen LogP contribution in [0.5, 0.6) is 0 Å². The summed E-state index contributed by atoms with van der Waals surface area (Å²) in [5.74, 6) is 4.04. The topological polar surface area (TPSA) is 0 Å². The zero-order valence-corrected chi connectivity index (χ0v) is 19.4. The molecular formula is C30H42. The van der Waals surface area contributed by atoms with E-state index in [1.165, 1.54) is 87.3 Å². The Balaban J connectivity index is 1.19. The molecule has 2 aromatic carbocycles. The van der Waals surface area contributed by atoms with Crippen LogP contribution in [0.25, 0.3) is 0 Å². The second kappa shape index (κ2) is 10.7. The van der Waals surface area contributed by atoms with E-state index < -0.39 is 0 Å². The van der Waals surface area contributed by atoms with Crippen LogP contribution in [0.4, 0.5) is 0 Å². The normalized spacial score (nSPS) is 27.1.